The molecule has 1 unspecified atom stereocenters. The molecule has 0 saturated heterocycles. The summed E-state index contributed by atoms with van der Waals surface area (Å²) in [6.07, 6.45) is 0. The molecule has 1 rings (SSSR count). The van der Waals surface area contributed by atoms with E-state index in [0.29, 0.717) is 13.4 Å². The summed E-state index contributed by atoms with van der Waals surface area (Å²) in [5.74, 6) is -0.711. The zero-order chi connectivity index (χ0) is 15.5. The van der Waals surface area contributed by atoms with Gasteiger partial charge in [-0.2, -0.15) is 0 Å². The minimum Gasteiger partial charge on any atom is -0.748 e. The van der Waals surface area contributed by atoms with Crippen LogP contribution in [0.15, 0.2) is 25.6 Å². The van der Waals surface area contributed by atoms with Gasteiger partial charge in [0.05, 0.1) is 10.8 Å². The highest BCUT2D eigenvalue weighted by atomic mass is 127. The molecule has 0 aromatic heterocycles. The summed E-state index contributed by atoms with van der Waals surface area (Å²) in [5.41, 5.74) is 0.224. The fourth-order valence-corrected chi connectivity index (χ4v) is 4.74. The van der Waals surface area contributed by atoms with Crippen LogP contribution >= 0.6 is 70.4 Å². The third-order valence-corrected chi connectivity index (χ3v) is 7.44. The molecule has 5 nitrogen and oxygen atoms in total. The Hall–Kier alpha value is 0.770. The van der Waals surface area contributed by atoms with E-state index in [1.165, 1.54) is 6.07 Å². The molecule has 10 heteroatoms. The number of alkyl halides is 1. The Morgan fingerprint density at radius 1 is 1.35 bits per heavy atom. The van der Waals surface area contributed by atoms with Crippen molar-refractivity contribution in [1.29, 1.82) is 0 Å². The average Bonchev–Trinajstić information content (AvgIpc) is 2.32. The summed E-state index contributed by atoms with van der Waals surface area (Å²) in [4.78, 5) is 11.9. The van der Waals surface area contributed by atoms with Crippen LogP contribution in [0, 0.1) is 0 Å². The molecule has 1 atom stereocenters. The van der Waals surface area contributed by atoms with Crippen LogP contribution in [0.1, 0.15) is 10.4 Å². The molecule has 0 saturated carbocycles. The van der Waals surface area contributed by atoms with Crippen molar-refractivity contribution in [2.75, 3.05) is 11.0 Å². The van der Waals surface area contributed by atoms with E-state index in [2.05, 4.69) is 47.8 Å². The number of halogens is 4. The standard InChI is InChI=1S/C10H8Br3IO5S/c11-5-1-7(9(13)8(12)2-5)10(15)19-4-6(3-14)20(16,17)18/h1-2,6H,3-4H2,(H,16,17,18)/p-1. The lowest BCUT2D eigenvalue weighted by Crippen LogP contribution is -2.29. The fraction of sp³-hybridized carbons (Fsp3) is 0.300. The van der Waals surface area contributed by atoms with Crippen LogP contribution in [0.5, 0.6) is 0 Å². The van der Waals surface area contributed by atoms with E-state index >= 15 is 0 Å². The van der Waals surface area contributed by atoms with Gasteiger partial charge in [-0.3, -0.25) is 0 Å². The van der Waals surface area contributed by atoms with Crippen molar-refractivity contribution >= 4 is 86.5 Å². The van der Waals surface area contributed by atoms with Crippen LogP contribution in [-0.2, 0) is 14.9 Å². The highest BCUT2D eigenvalue weighted by Gasteiger charge is 2.20. The van der Waals surface area contributed by atoms with E-state index < -0.39 is 27.9 Å². The van der Waals surface area contributed by atoms with Gasteiger partial charge < -0.3 is 9.29 Å². The maximum absolute atomic E-state index is 11.9. The van der Waals surface area contributed by atoms with Gasteiger partial charge in [-0.05, 0) is 44.0 Å². The van der Waals surface area contributed by atoms with Crippen molar-refractivity contribution in [3.8, 4) is 0 Å². The molecule has 0 bridgehead atoms. The second-order valence-electron chi connectivity index (χ2n) is 3.62. The number of benzene rings is 1. The molecular weight excluding hydrogens is 599 g/mol. The second-order valence-corrected chi connectivity index (χ2v) is 8.71. The normalized spacial score (nSPS) is 13.1. The van der Waals surface area contributed by atoms with Crippen molar-refractivity contribution in [2.24, 2.45) is 0 Å². The van der Waals surface area contributed by atoms with E-state index in [0.717, 1.165) is 0 Å². The SMILES string of the molecule is O=C(OCC(CI)S(=O)(=O)[O-])c1cc(Br)cc(Br)c1Br. The van der Waals surface area contributed by atoms with Gasteiger partial charge in [-0.25, -0.2) is 13.2 Å². The zero-order valence-corrected chi connectivity index (χ0v) is 17.3. The minimum absolute atomic E-state index is 0.0558. The lowest BCUT2D eigenvalue weighted by Gasteiger charge is -2.18. The summed E-state index contributed by atoms with van der Waals surface area (Å²) in [6, 6.07) is 3.26. The first-order chi connectivity index (χ1) is 9.16. The first kappa shape index (κ1) is 18.8. The summed E-state index contributed by atoms with van der Waals surface area (Å²) in [7, 11) is -4.48. The molecule has 0 amide bonds. The third kappa shape index (κ3) is 5.20. The third-order valence-electron chi connectivity index (χ3n) is 2.19. The summed E-state index contributed by atoms with van der Waals surface area (Å²) in [6.45, 7) is -0.468. The van der Waals surface area contributed by atoms with Crippen molar-refractivity contribution < 1.29 is 22.5 Å². The molecule has 0 radical (unpaired) electrons. The Balaban J connectivity index is 2.88. The lowest BCUT2D eigenvalue weighted by molar-refractivity contribution is 0.0507. The molecule has 0 N–H and O–H groups in total. The molecule has 0 fully saturated rings. The molecule has 0 aliphatic heterocycles. The number of carbonyl (C=O) groups is 1. The van der Waals surface area contributed by atoms with E-state index in [-0.39, 0.29) is 9.99 Å². The number of hydrogen-bond donors (Lipinski definition) is 0. The van der Waals surface area contributed by atoms with E-state index in [1.54, 1.807) is 28.7 Å². The van der Waals surface area contributed by atoms with Crippen molar-refractivity contribution in [2.45, 2.75) is 5.25 Å². The summed E-state index contributed by atoms with van der Waals surface area (Å²) < 4.78 is 39.5. The first-order valence-corrected chi connectivity index (χ1v) is 10.4. The van der Waals surface area contributed by atoms with Crippen LogP contribution in [0.25, 0.3) is 0 Å². The van der Waals surface area contributed by atoms with Crippen LogP contribution < -0.4 is 0 Å². The van der Waals surface area contributed by atoms with Gasteiger partial charge in [0, 0.05) is 17.8 Å². The van der Waals surface area contributed by atoms with E-state index in [4.69, 9.17) is 4.74 Å². The Labute approximate surface area is 155 Å². The molecule has 0 heterocycles. The number of carbonyl (C=O) groups excluding carboxylic acids is 1. The van der Waals surface area contributed by atoms with Gasteiger partial charge in [0.15, 0.2) is 0 Å². The van der Waals surface area contributed by atoms with Gasteiger partial charge in [-0.1, -0.05) is 38.5 Å². The van der Waals surface area contributed by atoms with Crippen LogP contribution in [-0.4, -0.2) is 35.2 Å². The zero-order valence-electron chi connectivity index (χ0n) is 9.61. The number of hydrogen-bond acceptors (Lipinski definition) is 5. The van der Waals surface area contributed by atoms with Crippen molar-refractivity contribution in [1.82, 2.24) is 0 Å². The van der Waals surface area contributed by atoms with Crippen LogP contribution in [0.3, 0.4) is 0 Å². The second kappa shape index (κ2) is 7.86. The monoisotopic (exact) mass is 603 g/mol. The predicted molar refractivity (Wildman–Crippen MR) is 92.2 cm³/mol. The fourth-order valence-electron chi connectivity index (χ4n) is 1.16. The van der Waals surface area contributed by atoms with Gasteiger partial charge in [-0.15, -0.1) is 0 Å². The van der Waals surface area contributed by atoms with E-state index in [9.17, 15) is 17.8 Å². The summed E-state index contributed by atoms with van der Waals surface area (Å²) >= 11 is 11.5. The Bertz CT molecular complexity index is 620. The van der Waals surface area contributed by atoms with Gasteiger partial charge in [0.1, 0.15) is 16.7 Å². The van der Waals surface area contributed by atoms with Gasteiger partial charge >= 0.3 is 5.97 Å². The summed E-state index contributed by atoms with van der Waals surface area (Å²) in [5, 5.41) is -1.25. The molecular formula is C10H7Br3IO5S-. The smallest absolute Gasteiger partial charge is 0.339 e. The number of rotatable bonds is 5. The quantitative estimate of drug-likeness (QED) is 0.169. The largest absolute Gasteiger partial charge is 0.748 e. The molecule has 112 valence electrons. The Morgan fingerprint density at radius 3 is 2.45 bits per heavy atom. The topological polar surface area (TPSA) is 83.5 Å². The van der Waals surface area contributed by atoms with Crippen molar-refractivity contribution in [3.05, 3.63) is 31.1 Å². The number of ether oxygens (including phenoxy) is 1. The average molecular weight is 606 g/mol. The number of esters is 1. The Kier molecular flexibility index (Phi) is 7.39. The van der Waals surface area contributed by atoms with E-state index in [1.807, 2.05) is 0 Å². The van der Waals surface area contributed by atoms with Crippen molar-refractivity contribution in [3.63, 3.8) is 0 Å². The van der Waals surface area contributed by atoms with Gasteiger partial charge in [0.25, 0.3) is 0 Å². The van der Waals surface area contributed by atoms with Crippen LogP contribution in [0.4, 0.5) is 0 Å². The first-order valence-electron chi connectivity index (χ1n) is 4.99. The lowest BCUT2D eigenvalue weighted by atomic mass is 10.2. The highest BCUT2D eigenvalue weighted by Crippen LogP contribution is 2.31. The highest BCUT2D eigenvalue weighted by molar-refractivity contribution is 14.1. The Morgan fingerprint density at radius 2 is 1.95 bits per heavy atom. The molecule has 1 aromatic carbocycles. The maximum atomic E-state index is 11.9. The minimum atomic E-state index is -4.48. The molecule has 0 spiro atoms. The maximum Gasteiger partial charge on any atom is 0.339 e. The molecule has 0 aliphatic rings. The van der Waals surface area contributed by atoms with Crippen LogP contribution in [0.2, 0.25) is 0 Å². The predicted octanol–water partition coefficient (Wildman–Crippen LogP) is 3.48. The van der Waals surface area contributed by atoms with Gasteiger partial charge in [0.2, 0.25) is 0 Å². The molecule has 1 aromatic rings. The molecule has 0 aliphatic carbocycles. The molecule has 20 heavy (non-hydrogen) atoms.